The minimum atomic E-state index is -2.84. The number of fused-ring (bicyclic) bond motifs is 6. The lowest BCUT2D eigenvalue weighted by molar-refractivity contribution is 1.13. The molecule has 0 unspecified atom stereocenters. The minimum absolute atomic E-state index is 1.12. The second kappa shape index (κ2) is 15.2. The lowest BCUT2D eigenvalue weighted by Gasteiger charge is -2.34. The van der Waals surface area contributed by atoms with Gasteiger partial charge in [-0.3, -0.25) is 0 Å². The summed E-state index contributed by atoms with van der Waals surface area (Å²) in [7, 11) is -2.84. The van der Waals surface area contributed by atoms with Crippen LogP contribution in [0, 0.1) is 0 Å². The molecule has 2 aromatic heterocycles. The Morgan fingerprint density at radius 3 is 1.40 bits per heavy atom. The third-order valence-electron chi connectivity index (χ3n) is 13.1. The Labute approximate surface area is 368 Å². The van der Waals surface area contributed by atoms with Crippen LogP contribution in [0.2, 0.25) is 0 Å². The molecule has 0 N–H and O–H groups in total. The summed E-state index contributed by atoms with van der Waals surface area (Å²) >= 11 is 0. The highest BCUT2D eigenvalue weighted by Gasteiger charge is 2.41. The van der Waals surface area contributed by atoms with Crippen molar-refractivity contribution in [3.63, 3.8) is 0 Å². The lowest BCUT2D eigenvalue weighted by Crippen LogP contribution is -2.74. The average molecular weight is 819 g/mol. The Morgan fingerprint density at radius 2 is 0.778 bits per heavy atom. The quantitative estimate of drug-likeness (QED) is 0.107. The van der Waals surface area contributed by atoms with Crippen LogP contribution in [0.25, 0.3) is 77.2 Å². The molecule has 12 rings (SSSR count). The molecule has 0 aliphatic rings. The zero-order valence-corrected chi connectivity index (χ0v) is 35.6. The van der Waals surface area contributed by atoms with E-state index in [2.05, 4.69) is 264 Å². The fourth-order valence-electron chi connectivity index (χ4n) is 10.4. The van der Waals surface area contributed by atoms with Gasteiger partial charge in [0.1, 0.15) is 0 Å². The van der Waals surface area contributed by atoms with Gasteiger partial charge in [0.25, 0.3) is 0 Å². The molecule has 10 aromatic carbocycles. The van der Waals surface area contributed by atoms with Crippen LogP contribution in [0.15, 0.2) is 255 Å². The van der Waals surface area contributed by atoms with Gasteiger partial charge in [0.05, 0.1) is 27.8 Å². The second-order valence-corrected chi connectivity index (χ2v) is 20.2. The molecule has 0 atom stereocenters. The third kappa shape index (κ3) is 5.85. The first kappa shape index (κ1) is 36.8. The van der Waals surface area contributed by atoms with E-state index in [0.717, 1.165) is 11.4 Å². The highest BCUT2D eigenvalue weighted by atomic mass is 28.3. The molecule has 0 bridgehead atoms. The molecule has 296 valence electrons. The van der Waals surface area contributed by atoms with Gasteiger partial charge in [-0.05, 0) is 79.4 Å². The molecule has 0 saturated heterocycles. The average Bonchev–Trinajstić information content (AvgIpc) is 3.89. The van der Waals surface area contributed by atoms with E-state index < -0.39 is 8.07 Å². The number of nitrogens with zero attached hydrogens (tertiary/aromatic N) is 2. The van der Waals surface area contributed by atoms with Crippen LogP contribution in [-0.4, -0.2) is 17.2 Å². The first-order chi connectivity index (χ1) is 31.3. The van der Waals surface area contributed by atoms with Crippen LogP contribution in [0.4, 0.5) is 0 Å². The highest BCUT2D eigenvalue weighted by molar-refractivity contribution is 7.20. The lowest BCUT2D eigenvalue weighted by atomic mass is 9.98. The van der Waals surface area contributed by atoms with Crippen molar-refractivity contribution < 1.29 is 0 Å². The molecule has 0 aliphatic heterocycles. The predicted octanol–water partition coefficient (Wildman–Crippen LogP) is 12.6. The number of hydrogen-bond acceptors (Lipinski definition) is 0. The summed E-state index contributed by atoms with van der Waals surface area (Å²) in [5.74, 6) is 0. The monoisotopic (exact) mass is 818 g/mol. The Kier molecular flexibility index (Phi) is 8.87. The Balaban J connectivity index is 1.23. The fourth-order valence-corrected chi connectivity index (χ4v) is 15.1. The van der Waals surface area contributed by atoms with Gasteiger partial charge in [0.2, 0.25) is 0 Å². The molecule has 0 amide bonds. The molecule has 0 saturated carbocycles. The van der Waals surface area contributed by atoms with Crippen LogP contribution in [0.3, 0.4) is 0 Å². The molecular formula is C60H42N2Si. The summed E-state index contributed by atoms with van der Waals surface area (Å²) in [5.41, 5.74) is 11.8. The number of para-hydroxylation sites is 2. The summed E-state index contributed by atoms with van der Waals surface area (Å²) in [6.07, 6.45) is 0. The summed E-state index contributed by atoms with van der Waals surface area (Å²) in [6, 6.07) is 94.3. The van der Waals surface area contributed by atoms with E-state index in [0.29, 0.717) is 0 Å². The van der Waals surface area contributed by atoms with E-state index in [-0.39, 0.29) is 0 Å². The van der Waals surface area contributed by atoms with Crippen molar-refractivity contribution in [1.82, 2.24) is 9.13 Å². The summed E-state index contributed by atoms with van der Waals surface area (Å²) in [6.45, 7) is 0. The van der Waals surface area contributed by atoms with Gasteiger partial charge in [-0.15, -0.1) is 0 Å². The molecule has 0 spiro atoms. The normalized spacial score (nSPS) is 11.8. The number of hydrogen-bond donors (Lipinski definition) is 0. The van der Waals surface area contributed by atoms with Crippen molar-refractivity contribution in [2.24, 2.45) is 0 Å². The van der Waals surface area contributed by atoms with Crippen LogP contribution in [-0.2, 0) is 0 Å². The fraction of sp³-hybridized carbons (Fsp3) is 0. The van der Waals surface area contributed by atoms with E-state index in [9.17, 15) is 0 Å². The van der Waals surface area contributed by atoms with E-state index >= 15 is 0 Å². The third-order valence-corrected chi connectivity index (χ3v) is 17.8. The van der Waals surface area contributed by atoms with Gasteiger partial charge < -0.3 is 9.13 Å². The van der Waals surface area contributed by atoms with Gasteiger partial charge in [-0.1, -0.05) is 218 Å². The highest BCUT2D eigenvalue weighted by Crippen LogP contribution is 2.44. The number of rotatable bonds is 8. The summed E-state index contributed by atoms with van der Waals surface area (Å²) in [4.78, 5) is 0. The molecule has 0 fully saturated rings. The number of aromatic nitrogens is 2. The molecular weight excluding hydrogens is 777 g/mol. The van der Waals surface area contributed by atoms with Crippen molar-refractivity contribution in [3.8, 4) is 33.6 Å². The first-order valence-corrected chi connectivity index (χ1v) is 23.8. The van der Waals surface area contributed by atoms with E-state index in [1.165, 1.54) is 86.6 Å². The van der Waals surface area contributed by atoms with Gasteiger partial charge in [-0.2, -0.15) is 0 Å². The first-order valence-electron chi connectivity index (χ1n) is 21.8. The van der Waals surface area contributed by atoms with Crippen molar-refractivity contribution in [2.45, 2.75) is 0 Å². The van der Waals surface area contributed by atoms with E-state index in [4.69, 9.17) is 0 Å². The minimum Gasteiger partial charge on any atom is -0.307 e. The van der Waals surface area contributed by atoms with Crippen LogP contribution >= 0.6 is 0 Å². The van der Waals surface area contributed by atoms with Crippen LogP contribution in [0.5, 0.6) is 0 Å². The molecule has 3 heteroatoms. The zero-order valence-electron chi connectivity index (χ0n) is 34.6. The topological polar surface area (TPSA) is 9.86 Å². The molecule has 0 radical (unpaired) electrons. The molecule has 12 aromatic rings. The van der Waals surface area contributed by atoms with Gasteiger partial charge >= 0.3 is 0 Å². The maximum atomic E-state index is 2.56. The SMILES string of the molecule is c1ccc(-c2cccc(-n3c4ccccc4c4c(-c5ccccc5)ccc(-n5c6ccccc6c6ccc([Si](c7ccccc7)(c7ccccc7)c7ccccc7)cc65)c43)c2)cc1. The zero-order chi connectivity index (χ0) is 41.7. The molecule has 2 nitrogen and oxygen atoms in total. The predicted molar refractivity (Wildman–Crippen MR) is 270 cm³/mol. The van der Waals surface area contributed by atoms with Gasteiger partial charge in [-0.25, -0.2) is 0 Å². The van der Waals surface area contributed by atoms with Gasteiger partial charge in [0, 0.05) is 27.2 Å². The Morgan fingerprint density at radius 1 is 0.286 bits per heavy atom. The number of benzene rings is 10. The van der Waals surface area contributed by atoms with Crippen LogP contribution < -0.4 is 20.7 Å². The van der Waals surface area contributed by atoms with Crippen molar-refractivity contribution in [1.29, 1.82) is 0 Å². The van der Waals surface area contributed by atoms with Crippen molar-refractivity contribution in [2.75, 3.05) is 0 Å². The maximum absolute atomic E-state index is 2.84. The Hall–Kier alpha value is -7.98. The second-order valence-electron chi connectivity index (χ2n) is 16.4. The maximum Gasteiger partial charge on any atom is 0.179 e. The smallest absolute Gasteiger partial charge is 0.179 e. The molecule has 0 aliphatic carbocycles. The standard InChI is InChI=1S/C60H42N2Si/c1-6-21-43(22-7-1)45-25-20-26-46(41-45)61-56-36-19-17-34-54(56)59-51(44-23-8-2-9-24-44)39-40-57(60(59)61)62-55-35-18-16-33-52(55)53-38-37-50(42-58(53)62)63(47-27-10-3-11-28-47,48-29-12-4-13-30-48)49-31-14-5-15-32-49/h1-42H. The summed E-state index contributed by atoms with van der Waals surface area (Å²) < 4.78 is 5.07. The van der Waals surface area contributed by atoms with Crippen molar-refractivity contribution in [3.05, 3.63) is 255 Å². The summed E-state index contributed by atoms with van der Waals surface area (Å²) in [5, 5.41) is 10.4. The van der Waals surface area contributed by atoms with Gasteiger partial charge in [0.15, 0.2) is 8.07 Å². The van der Waals surface area contributed by atoms with Crippen molar-refractivity contribution >= 4 is 72.4 Å². The van der Waals surface area contributed by atoms with E-state index in [1.807, 2.05) is 0 Å². The van der Waals surface area contributed by atoms with E-state index in [1.54, 1.807) is 0 Å². The Bertz CT molecular complexity index is 3500. The van der Waals surface area contributed by atoms with Crippen LogP contribution in [0.1, 0.15) is 0 Å². The molecule has 63 heavy (non-hydrogen) atoms. The largest absolute Gasteiger partial charge is 0.307 e. The molecule has 2 heterocycles.